The molecule has 0 spiro atoms. The third-order valence-corrected chi connectivity index (χ3v) is 4.07. The van der Waals surface area contributed by atoms with Gasteiger partial charge in [-0.1, -0.05) is 29.5 Å². The molecule has 0 bridgehead atoms. The van der Waals surface area contributed by atoms with Crippen LogP contribution in [0, 0.1) is 6.92 Å². The van der Waals surface area contributed by atoms with Gasteiger partial charge in [0.05, 0.1) is 10.2 Å². The maximum Gasteiger partial charge on any atom is 0.227 e. The fourth-order valence-corrected chi connectivity index (χ4v) is 2.94. The zero-order chi connectivity index (χ0) is 15.4. The number of nitrogens with zero attached hydrogens (tertiary/aromatic N) is 2. The van der Waals surface area contributed by atoms with Crippen LogP contribution in [-0.4, -0.2) is 22.4 Å². The van der Waals surface area contributed by atoms with Crippen molar-refractivity contribution in [3.63, 3.8) is 0 Å². The quantitative estimate of drug-likeness (QED) is 0.757. The van der Waals surface area contributed by atoms with Gasteiger partial charge in [0, 0.05) is 18.7 Å². The highest BCUT2D eigenvalue weighted by Crippen LogP contribution is 2.25. The van der Waals surface area contributed by atoms with E-state index < -0.39 is 0 Å². The molecule has 112 valence electrons. The van der Waals surface area contributed by atoms with Crippen molar-refractivity contribution in [2.24, 2.45) is 0 Å². The average Bonchev–Trinajstić information content (AvgIpc) is 2.90. The summed E-state index contributed by atoms with van der Waals surface area (Å²) in [4.78, 5) is 20.6. The first-order chi connectivity index (χ1) is 10.7. The Hall–Kier alpha value is -2.47. The summed E-state index contributed by atoms with van der Waals surface area (Å²) in [6, 6.07) is 13.5. The van der Waals surface area contributed by atoms with E-state index in [0.717, 1.165) is 21.0 Å². The molecule has 0 unspecified atom stereocenters. The minimum Gasteiger partial charge on any atom is -0.361 e. The summed E-state index contributed by atoms with van der Waals surface area (Å²) in [5, 5.41) is 6.81. The van der Waals surface area contributed by atoms with Gasteiger partial charge in [-0.3, -0.25) is 4.79 Å². The maximum absolute atomic E-state index is 11.9. The fraction of sp³-hybridized carbons (Fsp3) is 0.188. The van der Waals surface area contributed by atoms with Crippen molar-refractivity contribution in [3.05, 3.63) is 48.2 Å². The predicted octanol–water partition coefficient (Wildman–Crippen LogP) is 3.44. The van der Waals surface area contributed by atoms with E-state index in [0.29, 0.717) is 18.8 Å². The van der Waals surface area contributed by atoms with E-state index in [1.165, 1.54) is 0 Å². The van der Waals surface area contributed by atoms with Crippen LogP contribution in [0.15, 0.2) is 42.5 Å². The summed E-state index contributed by atoms with van der Waals surface area (Å²) in [6.07, 6.45) is 0.367. The molecule has 5 nitrogen and oxygen atoms in total. The third kappa shape index (κ3) is 3.59. The first kappa shape index (κ1) is 14.5. The number of hydrogen-bond donors (Lipinski definition) is 2. The Bertz CT molecular complexity index is 766. The number of aryl methyl sites for hydroxylation is 1. The lowest BCUT2D eigenvalue weighted by Crippen LogP contribution is -2.17. The molecule has 1 amide bonds. The average molecular weight is 312 g/mol. The lowest BCUT2D eigenvalue weighted by Gasteiger charge is -2.05. The SMILES string of the molecule is Cc1cccc(NC(=O)CCNc2nc3ccccc3s2)n1. The second kappa shape index (κ2) is 6.53. The van der Waals surface area contributed by atoms with Crippen LogP contribution < -0.4 is 10.6 Å². The maximum atomic E-state index is 11.9. The summed E-state index contributed by atoms with van der Waals surface area (Å²) < 4.78 is 1.14. The van der Waals surface area contributed by atoms with Crippen LogP contribution in [0.1, 0.15) is 12.1 Å². The molecule has 0 radical (unpaired) electrons. The molecule has 0 saturated carbocycles. The molecule has 0 aliphatic heterocycles. The number of amides is 1. The van der Waals surface area contributed by atoms with Crippen LogP contribution in [-0.2, 0) is 4.79 Å². The number of anilines is 2. The van der Waals surface area contributed by atoms with Gasteiger partial charge in [0.1, 0.15) is 5.82 Å². The van der Waals surface area contributed by atoms with E-state index in [9.17, 15) is 4.79 Å². The van der Waals surface area contributed by atoms with Gasteiger partial charge in [-0.25, -0.2) is 9.97 Å². The highest BCUT2D eigenvalue weighted by molar-refractivity contribution is 7.22. The molecule has 3 aromatic rings. The lowest BCUT2D eigenvalue weighted by molar-refractivity contribution is -0.116. The van der Waals surface area contributed by atoms with Crippen LogP contribution in [0.25, 0.3) is 10.2 Å². The zero-order valence-corrected chi connectivity index (χ0v) is 13.0. The first-order valence-corrected chi connectivity index (χ1v) is 7.85. The molecule has 22 heavy (non-hydrogen) atoms. The van der Waals surface area contributed by atoms with Crippen molar-refractivity contribution < 1.29 is 4.79 Å². The molecule has 2 heterocycles. The molecule has 0 aliphatic rings. The van der Waals surface area contributed by atoms with Crippen molar-refractivity contribution in [2.45, 2.75) is 13.3 Å². The van der Waals surface area contributed by atoms with E-state index in [1.807, 2.05) is 43.3 Å². The van der Waals surface area contributed by atoms with E-state index >= 15 is 0 Å². The molecule has 0 atom stereocenters. The van der Waals surface area contributed by atoms with Crippen LogP contribution >= 0.6 is 11.3 Å². The van der Waals surface area contributed by atoms with Crippen molar-refractivity contribution in [3.8, 4) is 0 Å². The van der Waals surface area contributed by atoms with Crippen LogP contribution in [0.4, 0.5) is 10.9 Å². The Kier molecular flexibility index (Phi) is 4.29. The number of rotatable bonds is 5. The number of carbonyl (C=O) groups is 1. The Morgan fingerprint density at radius 3 is 2.82 bits per heavy atom. The number of benzene rings is 1. The minimum atomic E-state index is -0.0632. The number of fused-ring (bicyclic) bond motifs is 1. The second-order valence-electron chi connectivity index (χ2n) is 4.88. The van der Waals surface area contributed by atoms with Gasteiger partial charge >= 0.3 is 0 Å². The van der Waals surface area contributed by atoms with Crippen LogP contribution in [0.2, 0.25) is 0 Å². The van der Waals surface area contributed by atoms with Crippen molar-refractivity contribution in [1.82, 2.24) is 9.97 Å². The fourth-order valence-electron chi connectivity index (χ4n) is 2.05. The summed E-state index contributed by atoms with van der Waals surface area (Å²) in [5.74, 6) is 0.525. The van der Waals surface area contributed by atoms with Crippen molar-refractivity contribution >= 4 is 38.4 Å². The summed E-state index contributed by atoms with van der Waals surface area (Å²) in [5.41, 5.74) is 1.86. The molecule has 1 aromatic carbocycles. The van der Waals surface area contributed by atoms with Gasteiger partial charge in [0.15, 0.2) is 5.13 Å². The number of hydrogen-bond acceptors (Lipinski definition) is 5. The van der Waals surface area contributed by atoms with Gasteiger partial charge in [-0.15, -0.1) is 0 Å². The lowest BCUT2D eigenvalue weighted by atomic mass is 10.3. The monoisotopic (exact) mass is 312 g/mol. The van der Waals surface area contributed by atoms with E-state index in [1.54, 1.807) is 17.4 Å². The Morgan fingerprint density at radius 2 is 2.00 bits per heavy atom. The molecular weight excluding hydrogens is 296 g/mol. The Labute approximate surface area is 132 Å². The molecule has 6 heteroatoms. The molecule has 3 rings (SSSR count). The number of para-hydroxylation sites is 1. The van der Waals surface area contributed by atoms with Gasteiger partial charge in [0.2, 0.25) is 5.91 Å². The van der Waals surface area contributed by atoms with Gasteiger partial charge in [-0.2, -0.15) is 0 Å². The molecule has 2 N–H and O–H groups in total. The van der Waals surface area contributed by atoms with Crippen LogP contribution in [0.3, 0.4) is 0 Å². The highest BCUT2D eigenvalue weighted by atomic mass is 32.1. The summed E-state index contributed by atoms with van der Waals surface area (Å²) in [6.45, 7) is 2.43. The standard InChI is InChI=1S/C16H16N4OS/c1-11-5-4-8-14(18-11)20-15(21)9-10-17-16-19-12-6-2-3-7-13(12)22-16/h2-8H,9-10H2,1H3,(H,17,19)(H,18,20,21). The number of aromatic nitrogens is 2. The molecule has 0 aliphatic carbocycles. The number of thiazole rings is 1. The largest absolute Gasteiger partial charge is 0.361 e. The summed E-state index contributed by atoms with van der Waals surface area (Å²) >= 11 is 1.59. The summed E-state index contributed by atoms with van der Waals surface area (Å²) in [7, 11) is 0. The second-order valence-corrected chi connectivity index (χ2v) is 5.91. The van der Waals surface area contributed by atoms with E-state index in [4.69, 9.17) is 0 Å². The van der Waals surface area contributed by atoms with Gasteiger partial charge < -0.3 is 10.6 Å². The number of carbonyl (C=O) groups excluding carboxylic acids is 1. The van der Waals surface area contributed by atoms with E-state index in [2.05, 4.69) is 20.6 Å². The topological polar surface area (TPSA) is 66.9 Å². The zero-order valence-electron chi connectivity index (χ0n) is 12.2. The Balaban J connectivity index is 1.51. The van der Waals surface area contributed by atoms with E-state index in [-0.39, 0.29) is 5.91 Å². The predicted molar refractivity (Wildman–Crippen MR) is 90.3 cm³/mol. The molecule has 0 fully saturated rings. The van der Waals surface area contributed by atoms with Crippen molar-refractivity contribution in [1.29, 1.82) is 0 Å². The smallest absolute Gasteiger partial charge is 0.227 e. The van der Waals surface area contributed by atoms with Gasteiger partial charge in [0.25, 0.3) is 0 Å². The molecular formula is C16H16N4OS. The molecule has 0 saturated heterocycles. The highest BCUT2D eigenvalue weighted by Gasteiger charge is 2.05. The number of nitrogens with one attached hydrogen (secondary N) is 2. The van der Waals surface area contributed by atoms with Crippen molar-refractivity contribution in [2.75, 3.05) is 17.2 Å². The third-order valence-electron chi connectivity index (χ3n) is 3.08. The first-order valence-electron chi connectivity index (χ1n) is 7.04. The van der Waals surface area contributed by atoms with Crippen LogP contribution in [0.5, 0.6) is 0 Å². The number of pyridine rings is 1. The minimum absolute atomic E-state index is 0.0632. The van der Waals surface area contributed by atoms with Gasteiger partial charge in [-0.05, 0) is 31.2 Å². The Morgan fingerprint density at radius 1 is 1.14 bits per heavy atom. The molecule has 2 aromatic heterocycles. The normalized spacial score (nSPS) is 10.6.